The average Bonchev–Trinajstić information content (AvgIpc) is 1.89. The van der Waals surface area contributed by atoms with Gasteiger partial charge in [-0.15, -0.1) is 0 Å². The van der Waals surface area contributed by atoms with Crippen LogP contribution in [-0.2, 0) is 0 Å². The van der Waals surface area contributed by atoms with Gasteiger partial charge in [-0.2, -0.15) is 0 Å². The van der Waals surface area contributed by atoms with E-state index in [1.165, 1.54) is 0 Å². The number of hydrogen-bond acceptors (Lipinski definition) is 1. The monoisotopic (exact) mass is 109 g/mol. The zero-order valence-electron chi connectivity index (χ0n) is 5.72. The Kier molecular flexibility index (Phi) is 1.17. The molecule has 0 heterocycles. The lowest BCUT2D eigenvalue weighted by molar-refractivity contribution is 0.415. The maximum atomic E-state index is 7.25. The van der Waals surface area contributed by atoms with Gasteiger partial charge in [-0.3, -0.25) is 0 Å². The molecule has 0 atom stereocenters. The first-order valence-corrected chi connectivity index (χ1v) is 2.44. The minimum Gasteiger partial charge on any atom is -0.497 e. The summed E-state index contributed by atoms with van der Waals surface area (Å²) in [5.41, 5.74) is 0. The quantitative estimate of drug-likeness (QED) is 0.533. The summed E-state index contributed by atoms with van der Waals surface area (Å²) < 4.78 is 12.1. The number of hydrogen-bond donors (Lipinski definition) is 0. The third-order valence-electron chi connectivity index (χ3n) is 0.900. The maximum Gasteiger partial charge on any atom is 0.118 e. The lowest BCUT2D eigenvalue weighted by Gasteiger charge is -1.93. The molecule has 1 aromatic rings. The van der Waals surface area contributed by atoms with Crippen LogP contribution < -0.4 is 4.74 Å². The van der Waals surface area contributed by atoms with Crippen molar-refractivity contribution < 1.29 is 6.11 Å². The van der Waals surface area contributed by atoms with E-state index in [-0.39, 0.29) is 0 Å². The molecule has 0 spiro atoms. The van der Waals surface area contributed by atoms with Crippen molar-refractivity contribution in [1.82, 2.24) is 0 Å². The highest BCUT2D eigenvalue weighted by atomic mass is 16.5. The fraction of sp³-hybridized carbons (Fsp3) is 0.143. The summed E-state index contributed by atoms with van der Waals surface area (Å²) >= 11 is 0. The summed E-state index contributed by atoms with van der Waals surface area (Å²) in [6, 6.07) is 7.54. The van der Waals surface area contributed by atoms with Crippen molar-refractivity contribution in [2.45, 2.75) is 0 Å². The van der Waals surface area contributed by atoms with E-state index in [4.69, 9.17) is 6.11 Å². The minimum atomic E-state index is 0.431. The summed E-state index contributed by atoms with van der Waals surface area (Å²) in [6.45, 7) is 0. The van der Waals surface area contributed by atoms with Crippen LogP contribution in [0.25, 0.3) is 0 Å². The third kappa shape index (κ3) is 0.997. The van der Waals surface area contributed by atoms with Crippen LogP contribution in [0.3, 0.4) is 0 Å². The van der Waals surface area contributed by atoms with Crippen LogP contribution in [-0.4, -0.2) is 7.11 Å². The second-order valence-corrected chi connectivity index (χ2v) is 1.43. The van der Waals surface area contributed by atoms with Gasteiger partial charge in [0, 0.05) is 0 Å². The van der Waals surface area contributed by atoms with Gasteiger partial charge in [0.2, 0.25) is 0 Å². The van der Waals surface area contributed by atoms with Gasteiger partial charge in [-0.25, -0.2) is 0 Å². The van der Waals surface area contributed by atoms with E-state index >= 15 is 0 Å². The van der Waals surface area contributed by atoms with Crippen molar-refractivity contribution >= 4 is 0 Å². The molecule has 0 amide bonds. The highest BCUT2D eigenvalue weighted by molar-refractivity contribution is 5.20. The second-order valence-electron chi connectivity index (χ2n) is 1.43. The summed E-state index contributed by atoms with van der Waals surface area (Å²) in [5.74, 6) is 0.623. The molecule has 0 aromatic heterocycles. The molecular weight excluding hydrogens is 100 g/mol. The highest BCUT2D eigenvalue weighted by Gasteiger charge is 1.80. The zero-order chi connectivity index (χ0) is 6.69. The number of ether oxygens (including phenoxy) is 1. The van der Waals surface area contributed by atoms with Crippen LogP contribution in [0.4, 0.5) is 0 Å². The van der Waals surface area contributed by atoms with Crippen molar-refractivity contribution in [2.75, 3.05) is 7.11 Å². The topological polar surface area (TPSA) is 9.23 Å². The molecule has 0 aliphatic rings. The Hall–Kier alpha value is -0.980. The normalized spacial score (nSPS) is 10.4. The van der Waals surface area contributed by atoms with E-state index in [0.29, 0.717) is 11.8 Å². The SMILES string of the molecule is [2H]c1ccccc1OC. The van der Waals surface area contributed by atoms with Crippen LogP contribution in [0.5, 0.6) is 5.75 Å². The number of methoxy groups -OCH3 is 1. The summed E-state index contributed by atoms with van der Waals surface area (Å²) in [5, 5.41) is 0. The molecule has 1 nitrogen and oxygen atoms in total. The molecule has 0 radical (unpaired) electrons. The third-order valence-corrected chi connectivity index (χ3v) is 0.900. The minimum absolute atomic E-state index is 0.431. The molecule has 0 bridgehead atoms. The number of para-hydroxylation sites is 1. The van der Waals surface area contributed by atoms with Crippen LogP contribution in [0, 0.1) is 0 Å². The molecule has 1 heteroatoms. The first-order chi connectivity index (χ1) is 4.34. The molecular formula is C7H8O. The van der Waals surface area contributed by atoms with Crippen molar-refractivity contribution in [1.29, 1.82) is 0 Å². The molecule has 8 heavy (non-hydrogen) atoms. The Morgan fingerprint density at radius 3 is 2.88 bits per heavy atom. The lowest BCUT2D eigenvalue weighted by Crippen LogP contribution is -1.78. The van der Waals surface area contributed by atoms with Gasteiger partial charge in [0.25, 0.3) is 0 Å². The van der Waals surface area contributed by atoms with Crippen molar-refractivity contribution in [3.63, 3.8) is 0 Å². The van der Waals surface area contributed by atoms with E-state index in [1.54, 1.807) is 19.2 Å². The van der Waals surface area contributed by atoms with Gasteiger partial charge < -0.3 is 4.74 Å². The first-order valence-electron chi connectivity index (χ1n) is 2.94. The zero-order valence-corrected chi connectivity index (χ0v) is 4.72. The average molecular weight is 109 g/mol. The maximum absolute atomic E-state index is 7.25. The van der Waals surface area contributed by atoms with Crippen molar-refractivity contribution in [3.8, 4) is 5.75 Å². The van der Waals surface area contributed by atoms with Gasteiger partial charge in [-0.05, 0) is 12.1 Å². The Balaban J connectivity index is 3.01. The van der Waals surface area contributed by atoms with Gasteiger partial charge in [-0.1, -0.05) is 18.2 Å². The number of rotatable bonds is 1. The van der Waals surface area contributed by atoms with Crippen LogP contribution in [0.2, 0.25) is 0 Å². The van der Waals surface area contributed by atoms with E-state index in [9.17, 15) is 0 Å². The largest absolute Gasteiger partial charge is 0.497 e. The van der Waals surface area contributed by atoms with E-state index in [2.05, 4.69) is 0 Å². The molecule has 0 saturated heterocycles. The van der Waals surface area contributed by atoms with Crippen LogP contribution >= 0.6 is 0 Å². The van der Waals surface area contributed by atoms with Gasteiger partial charge >= 0.3 is 0 Å². The molecule has 0 aliphatic carbocycles. The summed E-state index contributed by atoms with van der Waals surface area (Å²) in [7, 11) is 1.56. The van der Waals surface area contributed by atoms with Gasteiger partial charge in [0.1, 0.15) is 5.75 Å². The molecule has 1 aromatic carbocycles. The molecule has 0 N–H and O–H groups in total. The molecule has 0 aliphatic heterocycles. The smallest absolute Gasteiger partial charge is 0.118 e. The molecule has 42 valence electrons. The Morgan fingerprint density at radius 1 is 1.50 bits per heavy atom. The van der Waals surface area contributed by atoms with Crippen molar-refractivity contribution in [2.24, 2.45) is 0 Å². The predicted molar refractivity (Wildman–Crippen MR) is 33.0 cm³/mol. The highest BCUT2D eigenvalue weighted by Crippen LogP contribution is 2.05. The summed E-state index contributed by atoms with van der Waals surface area (Å²) in [4.78, 5) is 0. The fourth-order valence-corrected chi connectivity index (χ4v) is 0.504. The summed E-state index contributed by atoms with van der Waals surface area (Å²) in [6.07, 6.45) is 0. The Labute approximate surface area is 50.3 Å². The molecule has 0 saturated carbocycles. The first kappa shape index (κ1) is 3.96. The standard InChI is InChI=1S/C7H8O/c1-8-7-5-3-2-4-6-7/h2-6H,1H3/i5D. The van der Waals surface area contributed by atoms with Gasteiger partial charge in [0.05, 0.1) is 8.48 Å². The van der Waals surface area contributed by atoms with Crippen molar-refractivity contribution in [3.05, 3.63) is 30.3 Å². The van der Waals surface area contributed by atoms with Crippen LogP contribution in [0.1, 0.15) is 1.37 Å². The second kappa shape index (κ2) is 2.36. The van der Waals surface area contributed by atoms with Crippen LogP contribution in [0.15, 0.2) is 30.3 Å². The van der Waals surface area contributed by atoms with Gasteiger partial charge in [0.15, 0.2) is 0 Å². The van der Waals surface area contributed by atoms with E-state index in [0.717, 1.165) is 0 Å². The lowest BCUT2D eigenvalue weighted by atomic mass is 10.3. The van der Waals surface area contributed by atoms with E-state index < -0.39 is 0 Å². The molecule has 0 unspecified atom stereocenters. The molecule has 1 rings (SSSR count). The predicted octanol–water partition coefficient (Wildman–Crippen LogP) is 1.70. The van der Waals surface area contributed by atoms with E-state index in [1.807, 2.05) is 12.1 Å². The number of benzene rings is 1. The molecule has 0 fully saturated rings. The fourth-order valence-electron chi connectivity index (χ4n) is 0.504. The Morgan fingerprint density at radius 2 is 2.38 bits per heavy atom. The Bertz CT molecular complexity index is 198.